The van der Waals surface area contributed by atoms with Gasteiger partial charge in [-0.1, -0.05) is 13.8 Å². The first-order valence-corrected chi connectivity index (χ1v) is 4.78. The van der Waals surface area contributed by atoms with Gasteiger partial charge in [0.2, 0.25) is 0 Å². The smallest absolute Gasteiger partial charge is 0.00433 e. The second-order valence-corrected chi connectivity index (χ2v) is 5.34. The van der Waals surface area contributed by atoms with Gasteiger partial charge in [-0.2, -0.15) is 0 Å². The Morgan fingerprint density at radius 1 is 1.36 bits per heavy atom. The van der Waals surface area contributed by atoms with Gasteiger partial charge in [-0.15, -0.1) is 0 Å². The lowest BCUT2D eigenvalue weighted by molar-refractivity contribution is 0.343. The standard InChI is InChI=1S/C10H19N/c1-9(2)3-4-10(7-9)5-8(10)6-11/h8H,3-7,11H2,1-2H3. The Hall–Kier alpha value is -0.0400. The van der Waals surface area contributed by atoms with Crippen LogP contribution in [-0.4, -0.2) is 6.54 Å². The Kier molecular flexibility index (Phi) is 1.39. The average Bonchev–Trinajstić information content (AvgIpc) is 2.49. The predicted molar refractivity (Wildman–Crippen MR) is 47.2 cm³/mol. The Labute approximate surface area is 69.4 Å². The summed E-state index contributed by atoms with van der Waals surface area (Å²) in [6, 6.07) is 0. The Morgan fingerprint density at radius 3 is 2.45 bits per heavy atom. The zero-order chi connectivity index (χ0) is 8.11. The molecule has 1 spiro atoms. The van der Waals surface area contributed by atoms with E-state index in [0.717, 1.165) is 17.9 Å². The molecule has 2 rings (SSSR count). The van der Waals surface area contributed by atoms with E-state index in [1.807, 2.05) is 0 Å². The quantitative estimate of drug-likeness (QED) is 0.614. The fourth-order valence-corrected chi connectivity index (χ4v) is 3.01. The summed E-state index contributed by atoms with van der Waals surface area (Å²) < 4.78 is 0. The lowest BCUT2D eigenvalue weighted by atomic mass is 9.89. The van der Waals surface area contributed by atoms with Crippen LogP contribution < -0.4 is 5.73 Å². The molecule has 1 heteroatoms. The molecule has 2 fully saturated rings. The third kappa shape index (κ3) is 1.10. The first kappa shape index (κ1) is 7.60. The van der Waals surface area contributed by atoms with Crippen LogP contribution in [0.2, 0.25) is 0 Å². The highest BCUT2D eigenvalue weighted by atomic mass is 14.7. The van der Waals surface area contributed by atoms with Crippen molar-refractivity contribution in [3.8, 4) is 0 Å². The summed E-state index contributed by atoms with van der Waals surface area (Å²) in [5, 5.41) is 0. The van der Waals surface area contributed by atoms with Crippen LogP contribution in [0.4, 0.5) is 0 Å². The molecule has 0 amide bonds. The molecule has 2 unspecified atom stereocenters. The van der Waals surface area contributed by atoms with Crippen molar-refractivity contribution in [3.63, 3.8) is 0 Å². The summed E-state index contributed by atoms with van der Waals surface area (Å²) in [5.41, 5.74) is 7.01. The van der Waals surface area contributed by atoms with Crippen molar-refractivity contribution in [2.24, 2.45) is 22.5 Å². The van der Waals surface area contributed by atoms with Crippen LogP contribution in [0.1, 0.15) is 39.5 Å². The van der Waals surface area contributed by atoms with Crippen LogP contribution in [0.3, 0.4) is 0 Å². The lowest BCUT2D eigenvalue weighted by Crippen LogP contribution is -2.10. The number of hydrogen-bond acceptors (Lipinski definition) is 1. The van der Waals surface area contributed by atoms with E-state index in [0.29, 0.717) is 5.41 Å². The first-order valence-electron chi connectivity index (χ1n) is 4.78. The monoisotopic (exact) mass is 153 g/mol. The highest BCUT2D eigenvalue weighted by Gasteiger charge is 2.58. The van der Waals surface area contributed by atoms with Crippen LogP contribution in [0.25, 0.3) is 0 Å². The molecule has 0 aromatic carbocycles. The van der Waals surface area contributed by atoms with Gasteiger partial charge in [-0.05, 0) is 49.0 Å². The van der Waals surface area contributed by atoms with Gasteiger partial charge in [0.25, 0.3) is 0 Å². The van der Waals surface area contributed by atoms with E-state index < -0.39 is 0 Å². The van der Waals surface area contributed by atoms with E-state index in [4.69, 9.17) is 5.73 Å². The maximum Gasteiger partial charge on any atom is -0.00433 e. The highest BCUT2D eigenvalue weighted by Crippen LogP contribution is 2.66. The van der Waals surface area contributed by atoms with Gasteiger partial charge in [-0.3, -0.25) is 0 Å². The van der Waals surface area contributed by atoms with E-state index in [1.165, 1.54) is 25.7 Å². The third-order valence-corrected chi connectivity index (χ3v) is 3.77. The van der Waals surface area contributed by atoms with Gasteiger partial charge >= 0.3 is 0 Å². The molecule has 64 valence electrons. The van der Waals surface area contributed by atoms with E-state index in [-0.39, 0.29) is 0 Å². The fourth-order valence-electron chi connectivity index (χ4n) is 3.01. The van der Waals surface area contributed by atoms with Crippen molar-refractivity contribution in [2.45, 2.75) is 39.5 Å². The maximum atomic E-state index is 5.68. The van der Waals surface area contributed by atoms with Crippen molar-refractivity contribution < 1.29 is 0 Å². The molecule has 0 saturated heterocycles. The summed E-state index contributed by atoms with van der Waals surface area (Å²) in [6.45, 7) is 5.72. The third-order valence-electron chi connectivity index (χ3n) is 3.77. The summed E-state index contributed by atoms with van der Waals surface area (Å²) >= 11 is 0. The van der Waals surface area contributed by atoms with Crippen molar-refractivity contribution in [3.05, 3.63) is 0 Å². The minimum Gasteiger partial charge on any atom is -0.330 e. The Balaban J connectivity index is 2.01. The van der Waals surface area contributed by atoms with Gasteiger partial charge in [0.15, 0.2) is 0 Å². The second-order valence-electron chi connectivity index (χ2n) is 5.34. The molecule has 0 bridgehead atoms. The van der Waals surface area contributed by atoms with Crippen LogP contribution in [0.5, 0.6) is 0 Å². The van der Waals surface area contributed by atoms with E-state index in [1.54, 1.807) is 0 Å². The Morgan fingerprint density at radius 2 is 2.09 bits per heavy atom. The van der Waals surface area contributed by atoms with Crippen molar-refractivity contribution >= 4 is 0 Å². The van der Waals surface area contributed by atoms with E-state index in [9.17, 15) is 0 Å². The summed E-state index contributed by atoms with van der Waals surface area (Å²) in [6.07, 6.45) is 5.72. The topological polar surface area (TPSA) is 26.0 Å². The van der Waals surface area contributed by atoms with Crippen LogP contribution >= 0.6 is 0 Å². The number of rotatable bonds is 1. The second kappa shape index (κ2) is 2.01. The highest BCUT2D eigenvalue weighted by molar-refractivity contribution is 5.08. The normalized spacial score (nSPS) is 46.6. The molecule has 1 nitrogen and oxygen atoms in total. The molecule has 0 heterocycles. The number of hydrogen-bond donors (Lipinski definition) is 1. The fraction of sp³-hybridized carbons (Fsp3) is 1.00. The molecule has 2 aliphatic carbocycles. The molecule has 2 saturated carbocycles. The lowest BCUT2D eigenvalue weighted by Gasteiger charge is -2.16. The molecule has 2 N–H and O–H groups in total. The summed E-state index contributed by atoms with van der Waals surface area (Å²) in [4.78, 5) is 0. The van der Waals surface area contributed by atoms with Gasteiger partial charge in [0.1, 0.15) is 0 Å². The molecular weight excluding hydrogens is 134 g/mol. The molecule has 0 aromatic heterocycles. The van der Waals surface area contributed by atoms with Crippen LogP contribution in [-0.2, 0) is 0 Å². The SMILES string of the molecule is CC1(C)CCC2(CC2CN)C1. The Bertz CT molecular complexity index is 174. The van der Waals surface area contributed by atoms with Gasteiger partial charge in [0.05, 0.1) is 0 Å². The van der Waals surface area contributed by atoms with Crippen LogP contribution in [0, 0.1) is 16.7 Å². The van der Waals surface area contributed by atoms with Crippen molar-refractivity contribution in [1.29, 1.82) is 0 Å². The summed E-state index contributed by atoms with van der Waals surface area (Å²) in [5.74, 6) is 0.879. The van der Waals surface area contributed by atoms with Crippen LogP contribution in [0.15, 0.2) is 0 Å². The van der Waals surface area contributed by atoms with Crippen molar-refractivity contribution in [2.75, 3.05) is 6.54 Å². The molecule has 2 atom stereocenters. The van der Waals surface area contributed by atoms with Crippen molar-refractivity contribution in [1.82, 2.24) is 0 Å². The minimum absolute atomic E-state index is 0.615. The molecule has 0 radical (unpaired) electrons. The predicted octanol–water partition coefficient (Wildman–Crippen LogP) is 2.16. The minimum atomic E-state index is 0.615. The molecule has 0 aliphatic heterocycles. The molecule has 11 heavy (non-hydrogen) atoms. The van der Waals surface area contributed by atoms with E-state index >= 15 is 0 Å². The first-order chi connectivity index (χ1) is 5.08. The average molecular weight is 153 g/mol. The molecule has 0 aromatic rings. The van der Waals surface area contributed by atoms with E-state index in [2.05, 4.69) is 13.8 Å². The maximum absolute atomic E-state index is 5.68. The van der Waals surface area contributed by atoms with Gasteiger partial charge < -0.3 is 5.73 Å². The van der Waals surface area contributed by atoms with Gasteiger partial charge in [0, 0.05) is 0 Å². The summed E-state index contributed by atoms with van der Waals surface area (Å²) in [7, 11) is 0. The number of nitrogens with two attached hydrogens (primary N) is 1. The molecule has 2 aliphatic rings. The van der Waals surface area contributed by atoms with Gasteiger partial charge in [-0.25, -0.2) is 0 Å². The largest absolute Gasteiger partial charge is 0.330 e. The zero-order valence-corrected chi connectivity index (χ0v) is 7.69. The zero-order valence-electron chi connectivity index (χ0n) is 7.69. The molecular formula is C10H19N.